The Balaban J connectivity index is 1.82. The van der Waals surface area contributed by atoms with E-state index in [1.54, 1.807) is 31.2 Å². The van der Waals surface area contributed by atoms with Crippen molar-refractivity contribution in [3.63, 3.8) is 0 Å². The number of hydrogen-bond donors (Lipinski definition) is 2. The highest BCUT2D eigenvalue weighted by molar-refractivity contribution is 7.92. The molecule has 0 aromatic heterocycles. The zero-order valence-electron chi connectivity index (χ0n) is 16.1. The molecule has 1 amide bonds. The molecule has 0 saturated heterocycles. The van der Waals surface area contributed by atoms with Gasteiger partial charge in [0.2, 0.25) is 0 Å². The van der Waals surface area contributed by atoms with Gasteiger partial charge in [-0.2, -0.15) is 0 Å². The summed E-state index contributed by atoms with van der Waals surface area (Å²) in [7, 11) is -3.84. The number of hydrogen-bond acceptors (Lipinski definition) is 3. The third-order valence-corrected chi connectivity index (χ3v) is 6.91. The molecular weight excluding hydrogens is 396 g/mol. The first kappa shape index (κ1) is 20.7. The maximum Gasteiger partial charge on any atom is 0.261 e. The number of amides is 1. The van der Waals surface area contributed by atoms with Gasteiger partial charge in [0.15, 0.2) is 0 Å². The molecule has 0 atom stereocenters. The quantitative estimate of drug-likeness (QED) is 0.728. The molecule has 1 aliphatic carbocycles. The third kappa shape index (κ3) is 4.86. The summed E-state index contributed by atoms with van der Waals surface area (Å²) in [6, 6.07) is 9.73. The van der Waals surface area contributed by atoms with Gasteiger partial charge in [0.05, 0.1) is 10.6 Å². The van der Waals surface area contributed by atoms with Crippen LogP contribution >= 0.6 is 11.6 Å². The van der Waals surface area contributed by atoms with Crippen molar-refractivity contribution in [2.45, 2.75) is 56.9 Å². The van der Waals surface area contributed by atoms with E-state index in [0.29, 0.717) is 16.3 Å². The molecule has 7 heteroatoms. The summed E-state index contributed by atoms with van der Waals surface area (Å²) < 4.78 is 28.1. The average molecular weight is 421 g/mol. The lowest BCUT2D eigenvalue weighted by Crippen LogP contribution is -2.36. The Morgan fingerprint density at radius 3 is 2.36 bits per heavy atom. The highest BCUT2D eigenvalue weighted by atomic mass is 35.5. The molecule has 28 heavy (non-hydrogen) atoms. The van der Waals surface area contributed by atoms with Gasteiger partial charge in [-0.1, -0.05) is 43.0 Å². The molecule has 0 unspecified atom stereocenters. The molecule has 1 fully saturated rings. The summed E-state index contributed by atoms with van der Waals surface area (Å²) in [5.74, 6) is -0.222. The predicted molar refractivity (Wildman–Crippen MR) is 113 cm³/mol. The highest BCUT2D eigenvalue weighted by Crippen LogP contribution is 2.24. The minimum absolute atomic E-state index is 0.0450. The fourth-order valence-corrected chi connectivity index (χ4v) is 4.65. The van der Waals surface area contributed by atoms with Gasteiger partial charge >= 0.3 is 0 Å². The first-order chi connectivity index (χ1) is 13.3. The number of sulfonamides is 1. The summed E-state index contributed by atoms with van der Waals surface area (Å²) in [6.45, 7) is 3.65. The van der Waals surface area contributed by atoms with Gasteiger partial charge in [-0.05, 0) is 62.1 Å². The van der Waals surface area contributed by atoms with Crippen LogP contribution in [0.4, 0.5) is 5.69 Å². The summed E-state index contributed by atoms with van der Waals surface area (Å²) in [5, 5.41) is 3.53. The summed E-state index contributed by atoms with van der Waals surface area (Å²) >= 11 is 6.08. The van der Waals surface area contributed by atoms with Crippen LogP contribution in [0.5, 0.6) is 0 Å². The lowest BCUT2D eigenvalue weighted by Gasteiger charge is -2.23. The monoisotopic (exact) mass is 420 g/mol. The average Bonchev–Trinajstić information content (AvgIpc) is 2.65. The van der Waals surface area contributed by atoms with Crippen LogP contribution in [0.3, 0.4) is 0 Å². The Hall–Kier alpha value is -2.05. The highest BCUT2D eigenvalue weighted by Gasteiger charge is 2.21. The van der Waals surface area contributed by atoms with Gasteiger partial charge in [0.25, 0.3) is 15.9 Å². The molecule has 150 valence electrons. The van der Waals surface area contributed by atoms with E-state index in [0.717, 1.165) is 36.8 Å². The minimum atomic E-state index is -3.84. The number of rotatable bonds is 5. The number of anilines is 1. The lowest BCUT2D eigenvalue weighted by atomic mass is 9.95. The molecule has 2 aromatic carbocycles. The molecule has 5 nitrogen and oxygen atoms in total. The van der Waals surface area contributed by atoms with Crippen molar-refractivity contribution in [3.8, 4) is 0 Å². The minimum Gasteiger partial charge on any atom is -0.349 e. The number of carbonyl (C=O) groups is 1. The molecule has 1 saturated carbocycles. The van der Waals surface area contributed by atoms with E-state index in [9.17, 15) is 13.2 Å². The van der Waals surface area contributed by atoms with Gasteiger partial charge in [-0.25, -0.2) is 8.42 Å². The van der Waals surface area contributed by atoms with E-state index < -0.39 is 10.0 Å². The first-order valence-corrected chi connectivity index (χ1v) is 11.3. The Kier molecular flexibility index (Phi) is 6.30. The van der Waals surface area contributed by atoms with E-state index in [2.05, 4.69) is 10.0 Å². The molecule has 0 radical (unpaired) electrons. The summed E-state index contributed by atoms with van der Waals surface area (Å²) in [5.41, 5.74) is 2.37. The Morgan fingerprint density at radius 2 is 1.68 bits per heavy atom. The second-order valence-electron chi connectivity index (χ2n) is 7.35. The molecule has 0 bridgehead atoms. The largest absolute Gasteiger partial charge is 0.349 e. The third-order valence-electron chi connectivity index (χ3n) is 5.13. The number of benzene rings is 2. The van der Waals surface area contributed by atoms with E-state index in [4.69, 9.17) is 11.6 Å². The van der Waals surface area contributed by atoms with Crippen LogP contribution in [0.25, 0.3) is 0 Å². The number of halogens is 1. The van der Waals surface area contributed by atoms with Crippen molar-refractivity contribution in [2.75, 3.05) is 4.72 Å². The number of aryl methyl sites for hydroxylation is 2. The predicted octanol–water partition coefficient (Wildman–Crippen LogP) is 4.82. The van der Waals surface area contributed by atoms with Crippen molar-refractivity contribution >= 4 is 33.2 Å². The van der Waals surface area contributed by atoms with Gasteiger partial charge in [-0.15, -0.1) is 0 Å². The molecule has 1 aliphatic rings. The van der Waals surface area contributed by atoms with Crippen LogP contribution in [0.15, 0.2) is 41.3 Å². The maximum atomic E-state index is 12.8. The Morgan fingerprint density at radius 1 is 1.00 bits per heavy atom. The summed E-state index contributed by atoms with van der Waals surface area (Å²) in [4.78, 5) is 12.8. The SMILES string of the molecule is Cc1ccc(NS(=O)(=O)c2ccc(C)c(C(=O)NC3CCCCC3)c2)cc1Cl. The molecular formula is C21H25ClN2O3S. The Labute approximate surface area is 171 Å². The zero-order valence-corrected chi connectivity index (χ0v) is 17.7. The van der Waals surface area contributed by atoms with Crippen molar-refractivity contribution in [3.05, 3.63) is 58.1 Å². The van der Waals surface area contributed by atoms with Crippen LogP contribution in [0.1, 0.15) is 53.6 Å². The standard InChI is InChI=1S/C21H25ClN2O3S/c1-14-9-11-18(13-19(14)21(25)23-16-6-4-3-5-7-16)28(26,27)24-17-10-8-15(2)20(22)12-17/h8-13,16,24H,3-7H2,1-2H3,(H,23,25). The van der Waals surface area contributed by atoms with Gasteiger partial charge in [-0.3, -0.25) is 9.52 Å². The van der Waals surface area contributed by atoms with Gasteiger partial charge < -0.3 is 5.32 Å². The summed E-state index contributed by atoms with van der Waals surface area (Å²) in [6.07, 6.45) is 5.37. The fourth-order valence-electron chi connectivity index (χ4n) is 3.39. The first-order valence-electron chi connectivity index (χ1n) is 9.47. The fraction of sp³-hybridized carbons (Fsp3) is 0.381. The molecule has 0 aliphatic heterocycles. The second kappa shape index (κ2) is 8.53. The van der Waals surface area contributed by atoms with Crippen LogP contribution < -0.4 is 10.0 Å². The second-order valence-corrected chi connectivity index (χ2v) is 9.44. The molecule has 0 heterocycles. The van der Waals surface area contributed by atoms with Crippen molar-refractivity contribution in [1.29, 1.82) is 0 Å². The van der Waals surface area contributed by atoms with Crippen molar-refractivity contribution in [1.82, 2.24) is 5.32 Å². The Bertz CT molecular complexity index is 983. The van der Waals surface area contributed by atoms with Gasteiger partial charge in [0, 0.05) is 16.6 Å². The van der Waals surface area contributed by atoms with E-state index in [-0.39, 0.29) is 16.8 Å². The lowest BCUT2D eigenvalue weighted by molar-refractivity contribution is 0.0927. The normalized spacial score (nSPS) is 15.2. The zero-order chi connectivity index (χ0) is 20.3. The van der Waals surface area contributed by atoms with E-state index >= 15 is 0 Å². The van der Waals surface area contributed by atoms with Crippen LogP contribution in [-0.4, -0.2) is 20.4 Å². The maximum absolute atomic E-state index is 12.8. The van der Waals surface area contributed by atoms with Crippen LogP contribution in [0, 0.1) is 13.8 Å². The van der Waals surface area contributed by atoms with Crippen LogP contribution in [-0.2, 0) is 10.0 Å². The van der Waals surface area contributed by atoms with E-state index in [1.807, 2.05) is 6.92 Å². The number of carbonyl (C=O) groups excluding carboxylic acids is 1. The molecule has 0 spiro atoms. The van der Waals surface area contributed by atoms with Crippen LogP contribution in [0.2, 0.25) is 5.02 Å². The van der Waals surface area contributed by atoms with Crippen molar-refractivity contribution < 1.29 is 13.2 Å². The smallest absolute Gasteiger partial charge is 0.261 e. The molecule has 3 rings (SSSR count). The van der Waals surface area contributed by atoms with Crippen molar-refractivity contribution in [2.24, 2.45) is 0 Å². The van der Waals surface area contributed by atoms with Gasteiger partial charge in [0.1, 0.15) is 0 Å². The number of nitrogens with one attached hydrogen (secondary N) is 2. The topological polar surface area (TPSA) is 75.3 Å². The van der Waals surface area contributed by atoms with E-state index in [1.165, 1.54) is 18.6 Å². The molecule has 2 N–H and O–H groups in total. The molecule has 2 aromatic rings.